The highest BCUT2D eigenvalue weighted by atomic mass is 32.2. The maximum Gasteiger partial charge on any atom is 0.0731 e. The largest absolute Gasteiger partial charge is 0.391 e. The SMILES string of the molecule is CC1CC(C)CC(C(O)C2CSCCN2C)C1. The van der Waals surface area contributed by atoms with Crippen molar-refractivity contribution in [3.05, 3.63) is 0 Å². The zero-order valence-electron chi connectivity index (χ0n) is 11.4. The standard InChI is InChI=1S/C14H27NOS/c1-10-6-11(2)8-12(7-10)14(16)13-9-17-5-4-15(13)3/h10-14,16H,4-9H2,1-3H3. The Morgan fingerprint density at radius 2 is 1.82 bits per heavy atom. The van der Waals surface area contributed by atoms with Gasteiger partial charge in [0.2, 0.25) is 0 Å². The van der Waals surface area contributed by atoms with E-state index in [1.54, 1.807) is 0 Å². The molecule has 0 aromatic carbocycles. The van der Waals surface area contributed by atoms with Crippen LogP contribution < -0.4 is 0 Å². The van der Waals surface area contributed by atoms with E-state index in [1.165, 1.54) is 25.0 Å². The second-order valence-electron chi connectivity index (χ2n) is 6.29. The number of thioether (sulfide) groups is 1. The molecule has 2 fully saturated rings. The molecule has 1 heterocycles. The lowest BCUT2D eigenvalue weighted by Crippen LogP contribution is -2.50. The number of rotatable bonds is 2. The van der Waals surface area contributed by atoms with Crippen molar-refractivity contribution < 1.29 is 5.11 Å². The van der Waals surface area contributed by atoms with Gasteiger partial charge in [0.05, 0.1) is 6.10 Å². The molecule has 1 aliphatic carbocycles. The summed E-state index contributed by atoms with van der Waals surface area (Å²) in [5.74, 6) is 4.44. The molecule has 1 aliphatic heterocycles. The minimum atomic E-state index is -0.113. The number of aliphatic hydroxyl groups is 1. The molecular weight excluding hydrogens is 230 g/mol. The summed E-state index contributed by atoms with van der Waals surface area (Å²) in [4.78, 5) is 2.37. The number of aliphatic hydroxyl groups excluding tert-OH is 1. The molecule has 0 aromatic rings. The molecular formula is C14H27NOS. The second-order valence-corrected chi connectivity index (χ2v) is 7.44. The fourth-order valence-electron chi connectivity index (χ4n) is 3.67. The molecule has 2 nitrogen and oxygen atoms in total. The summed E-state index contributed by atoms with van der Waals surface area (Å²) in [6.07, 6.45) is 3.68. The molecule has 2 aliphatic rings. The van der Waals surface area contributed by atoms with E-state index in [1.807, 2.05) is 11.8 Å². The minimum Gasteiger partial charge on any atom is -0.391 e. The van der Waals surface area contributed by atoms with E-state index in [-0.39, 0.29) is 6.10 Å². The van der Waals surface area contributed by atoms with Gasteiger partial charge in [0.25, 0.3) is 0 Å². The van der Waals surface area contributed by atoms with E-state index in [0.717, 1.165) is 24.1 Å². The number of hydrogen-bond donors (Lipinski definition) is 1. The lowest BCUT2D eigenvalue weighted by Gasteiger charge is -2.42. The fraction of sp³-hybridized carbons (Fsp3) is 1.00. The number of hydrogen-bond acceptors (Lipinski definition) is 3. The summed E-state index contributed by atoms with van der Waals surface area (Å²) in [5, 5.41) is 10.6. The quantitative estimate of drug-likeness (QED) is 0.822. The third-order valence-electron chi connectivity index (χ3n) is 4.54. The van der Waals surface area contributed by atoms with Crippen LogP contribution in [0.25, 0.3) is 0 Å². The number of nitrogens with zero attached hydrogens (tertiary/aromatic N) is 1. The molecule has 3 heteroatoms. The Bertz CT molecular complexity index is 238. The van der Waals surface area contributed by atoms with Gasteiger partial charge in [-0.25, -0.2) is 0 Å². The average Bonchev–Trinajstić information content (AvgIpc) is 2.27. The van der Waals surface area contributed by atoms with Gasteiger partial charge < -0.3 is 5.11 Å². The molecule has 1 saturated carbocycles. The maximum absolute atomic E-state index is 10.6. The van der Waals surface area contributed by atoms with Gasteiger partial charge in [-0.2, -0.15) is 11.8 Å². The summed E-state index contributed by atoms with van der Waals surface area (Å²) in [5.41, 5.74) is 0. The highest BCUT2D eigenvalue weighted by Crippen LogP contribution is 2.36. The zero-order valence-corrected chi connectivity index (χ0v) is 12.2. The summed E-state index contributed by atoms with van der Waals surface area (Å²) in [6.45, 7) is 5.81. The Kier molecular flexibility index (Phi) is 4.79. The molecule has 0 aromatic heterocycles. The second kappa shape index (κ2) is 5.94. The normalized spacial score (nSPS) is 42.4. The van der Waals surface area contributed by atoms with Crippen LogP contribution in [0.1, 0.15) is 33.1 Å². The predicted molar refractivity (Wildman–Crippen MR) is 75.4 cm³/mol. The molecule has 0 spiro atoms. The van der Waals surface area contributed by atoms with E-state index < -0.39 is 0 Å². The average molecular weight is 257 g/mol. The van der Waals surface area contributed by atoms with Crippen molar-refractivity contribution in [2.24, 2.45) is 17.8 Å². The van der Waals surface area contributed by atoms with Gasteiger partial charge in [-0.3, -0.25) is 4.90 Å². The van der Waals surface area contributed by atoms with Gasteiger partial charge >= 0.3 is 0 Å². The van der Waals surface area contributed by atoms with Crippen LogP contribution in [0.5, 0.6) is 0 Å². The number of likely N-dealkylation sites (N-methyl/N-ethyl adjacent to an activating group) is 1. The van der Waals surface area contributed by atoms with Crippen molar-refractivity contribution >= 4 is 11.8 Å². The van der Waals surface area contributed by atoms with Crippen molar-refractivity contribution in [1.29, 1.82) is 0 Å². The lowest BCUT2D eigenvalue weighted by molar-refractivity contribution is 0.000244. The lowest BCUT2D eigenvalue weighted by atomic mass is 9.73. The zero-order chi connectivity index (χ0) is 12.4. The minimum absolute atomic E-state index is 0.113. The van der Waals surface area contributed by atoms with Gasteiger partial charge in [0, 0.05) is 24.1 Å². The van der Waals surface area contributed by atoms with E-state index in [2.05, 4.69) is 25.8 Å². The third kappa shape index (κ3) is 3.39. The molecule has 1 saturated heterocycles. The molecule has 1 N–H and O–H groups in total. The van der Waals surface area contributed by atoms with Gasteiger partial charge in [-0.15, -0.1) is 0 Å². The van der Waals surface area contributed by atoms with Gasteiger partial charge in [-0.05, 0) is 44.1 Å². The molecule has 4 atom stereocenters. The Balaban J connectivity index is 1.95. The van der Waals surface area contributed by atoms with Crippen LogP contribution in [0.15, 0.2) is 0 Å². The van der Waals surface area contributed by atoms with E-state index in [4.69, 9.17) is 0 Å². The van der Waals surface area contributed by atoms with Crippen molar-refractivity contribution in [1.82, 2.24) is 4.90 Å². The third-order valence-corrected chi connectivity index (χ3v) is 5.58. The summed E-state index contributed by atoms with van der Waals surface area (Å²) in [6, 6.07) is 0.385. The van der Waals surface area contributed by atoms with Crippen LogP contribution in [0.3, 0.4) is 0 Å². The van der Waals surface area contributed by atoms with Gasteiger partial charge in [-0.1, -0.05) is 13.8 Å². The van der Waals surface area contributed by atoms with E-state index >= 15 is 0 Å². The van der Waals surface area contributed by atoms with Crippen molar-refractivity contribution in [2.75, 3.05) is 25.1 Å². The monoisotopic (exact) mass is 257 g/mol. The summed E-state index contributed by atoms with van der Waals surface area (Å²) in [7, 11) is 2.17. The first-order chi connectivity index (χ1) is 8.08. The van der Waals surface area contributed by atoms with E-state index in [0.29, 0.717) is 12.0 Å². The predicted octanol–water partition coefficient (Wildman–Crippen LogP) is 2.47. The van der Waals surface area contributed by atoms with Gasteiger partial charge in [0.1, 0.15) is 0 Å². The Morgan fingerprint density at radius 1 is 1.18 bits per heavy atom. The first-order valence-corrected chi connectivity index (χ1v) is 8.19. The van der Waals surface area contributed by atoms with Crippen LogP contribution in [-0.2, 0) is 0 Å². The molecule has 0 bridgehead atoms. The van der Waals surface area contributed by atoms with Crippen molar-refractivity contribution in [3.8, 4) is 0 Å². The van der Waals surface area contributed by atoms with Crippen molar-refractivity contribution in [2.45, 2.75) is 45.3 Å². The molecule has 2 rings (SSSR count). The summed E-state index contributed by atoms with van der Waals surface area (Å²) < 4.78 is 0. The van der Waals surface area contributed by atoms with E-state index in [9.17, 15) is 5.11 Å². The topological polar surface area (TPSA) is 23.5 Å². The Hall–Kier alpha value is 0.270. The molecule has 17 heavy (non-hydrogen) atoms. The van der Waals surface area contributed by atoms with Crippen LogP contribution in [0, 0.1) is 17.8 Å². The molecule has 4 unspecified atom stereocenters. The first-order valence-electron chi connectivity index (χ1n) is 7.04. The van der Waals surface area contributed by atoms with Crippen LogP contribution in [0.4, 0.5) is 0 Å². The Labute approximate surface area is 110 Å². The summed E-state index contributed by atoms with van der Waals surface area (Å²) >= 11 is 2.00. The fourth-order valence-corrected chi connectivity index (χ4v) is 4.94. The molecule has 0 amide bonds. The smallest absolute Gasteiger partial charge is 0.0731 e. The van der Waals surface area contributed by atoms with Crippen LogP contribution in [-0.4, -0.2) is 47.3 Å². The van der Waals surface area contributed by atoms with Crippen LogP contribution in [0.2, 0.25) is 0 Å². The van der Waals surface area contributed by atoms with Gasteiger partial charge in [0.15, 0.2) is 0 Å². The highest BCUT2D eigenvalue weighted by Gasteiger charge is 2.35. The molecule has 100 valence electrons. The van der Waals surface area contributed by atoms with Crippen molar-refractivity contribution in [3.63, 3.8) is 0 Å². The maximum atomic E-state index is 10.6. The molecule has 0 radical (unpaired) electrons. The highest BCUT2D eigenvalue weighted by molar-refractivity contribution is 7.99. The first kappa shape index (κ1) is 13.7. The van der Waals surface area contributed by atoms with Crippen LogP contribution >= 0.6 is 11.8 Å². The Morgan fingerprint density at radius 3 is 2.41 bits per heavy atom.